The van der Waals surface area contributed by atoms with Gasteiger partial charge in [0, 0.05) is 30.6 Å². The van der Waals surface area contributed by atoms with E-state index < -0.39 is 5.97 Å². The SMILES string of the molecule is COC(=O)c1ccn2c(-c3ccnc(NC4=CC=C([C@H](C)Nc5ccccc5N)C4)n3)c(C)nc2c1. The third-order valence-corrected chi connectivity index (χ3v) is 6.17. The molecule has 0 radical (unpaired) electrons. The molecule has 1 aromatic carbocycles. The van der Waals surface area contributed by atoms with Crippen LogP contribution in [0.2, 0.25) is 0 Å². The topological polar surface area (TPSA) is 119 Å². The number of pyridine rings is 1. The fourth-order valence-corrected chi connectivity index (χ4v) is 4.29. The molecule has 0 saturated carbocycles. The first-order valence-corrected chi connectivity index (χ1v) is 11.6. The Morgan fingerprint density at radius 3 is 2.81 bits per heavy atom. The molecule has 0 bridgehead atoms. The van der Waals surface area contributed by atoms with Gasteiger partial charge >= 0.3 is 5.97 Å². The molecule has 0 aliphatic heterocycles. The number of nitrogens with two attached hydrogens (primary N) is 1. The van der Waals surface area contributed by atoms with Crippen molar-refractivity contribution in [3.05, 3.63) is 89.5 Å². The van der Waals surface area contributed by atoms with Crippen molar-refractivity contribution in [1.82, 2.24) is 19.4 Å². The number of aromatic nitrogens is 4. The van der Waals surface area contributed by atoms with E-state index in [2.05, 4.69) is 33.6 Å². The zero-order chi connectivity index (χ0) is 25.2. The maximum absolute atomic E-state index is 11.9. The van der Waals surface area contributed by atoms with Crippen LogP contribution in [-0.2, 0) is 4.74 Å². The molecule has 4 N–H and O–H groups in total. The molecule has 182 valence electrons. The average molecular weight is 482 g/mol. The van der Waals surface area contributed by atoms with Crippen molar-refractivity contribution in [2.45, 2.75) is 26.3 Å². The number of hydrogen-bond acceptors (Lipinski definition) is 8. The number of ether oxygens (including phenoxy) is 1. The summed E-state index contributed by atoms with van der Waals surface area (Å²) < 4.78 is 6.73. The maximum atomic E-state index is 11.9. The van der Waals surface area contributed by atoms with E-state index in [0.717, 1.165) is 40.6 Å². The molecule has 36 heavy (non-hydrogen) atoms. The molecule has 0 amide bonds. The predicted octanol–water partition coefficient (Wildman–Crippen LogP) is 4.60. The number of carbonyl (C=O) groups is 1. The van der Waals surface area contributed by atoms with Crippen molar-refractivity contribution in [1.29, 1.82) is 0 Å². The second kappa shape index (κ2) is 9.53. The Kier molecular flexibility index (Phi) is 6.12. The number of para-hydroxylation sites is 2. The lowest BCUT2D eigenvalue weighted by Crippen LogP contribution is -2.19. The quantitative estimate of drug-likeness (QED) is 0.259. The summed E-state index contributed by atoms with van der Waals surface area (Å²) in [4.78, 5) is 25.7. The number of nitrogens with zero attached hydrogens (tertiary/aromatic N) is 4. The van der Waals surface area contributed by atoms with Crippen molar-refractivity contribution >= 4 is 28.9 Å². The van der Waals surface area contributed by atoms with Gasteiger partial charge in [-0.1, -0.05) is 18.2 Å². The third-order valence-electron chi connectivity index (χ3n) is 6.17. The number of anilines is 3. The number of rotatable bonds is 7. The van der Waals surface area contributed by atoms with Crippen LogP contribution in [-0.4, -0.2) is 38.5 Å². The van der Waals surface area contributed by atoms with E-state index in [4.69, 9.17) is 15.5 Å². The van der Waals surface area contributed by atoms with E-state index in [0.29, 0.717) is 17.2 Å². The predicted molar refractivity (Wildman–Crippen MR) is 141 cm³/mol. The number of nitrogen functional groups attached to an aromatic ring is 1. The van der Waals surface area contributed by atoms with Gasteiger partial charge in [-0.3, -0.25) is 4.40 Å². The summed E-state index contributed by atoms with van der Waals surface area (Å²) in [7, 11) is 1.36. The zero-order valence-corrected chi connectivity index (χ0v) is 20.3. The number of imidazole rings is 1. The molecule has 1 atom stereocenters. The van der Waals surface area contributed by atoms with E-state index in [9.17, 15) is 4.79 Å². The molecule has 0 saturated heterocycles. The summed E-state index contributed by atoms with van der Waals surface area (Å²) in [6, 6.07) is 13.1. The van der Waals surface area contributed by atoms with Crippen molar-refractivity contribution in [2.24, 2.45) is 0 Å². The molecule has 1 aliphatic carbocycles. The third kappa shape index (κ3) is 4.50. The van der Waals surface area contributed by atoms with E-state index >= 15 is 0 Å². The Labute approximate surface area is 208 Å². The van der Waals surface area contributed by atoms with Crippen LogP contribution in [0.25, 0.3) is 17.0 Å². The molecule has 0 spiro atoms. The smallest absolute Gasteiger partial charge is 0.338 e. The van der Waals surface area contributed by atoms with E-state index in [1.807, 2.05) is 47.7 Å². The molecule has 3 aromatic heterocycles. The van der Waals surface area contributed by atoms with E-state index in [1.54, 1.807) is 24.5 Å². The summed E-state index contributed by atoms with van der Waals surface area (Å²) in [5.41, 5.74) is 13.4. The Balaban J connectivity index is 1.31. The first-order valence-electron chi connectivity index (χ1n) is 11.6. The molecule has 5 rings (SSSR count). The number of aryl methyl sites for hydroxylation is 1. The summed E-state index contributed by atoms with van der Waals surface area (Å²) in [5, 5.41) is 6.82. The Bertz CT molecular complexity index is 1520. The van der Waals surface area contributed by atoms with Gasteiger partial charge < -0.3 is 21.1 Å². The molecule has 4 aromatic rings. The summed E-state index contributed by atoms with van der Waals surface area (Å²) >= 11 is 0. The lowest BCUT2D eigenvalue weighted by Gasteiger charge is -2.19. The fraction of sp³-hybridized carbons (Fsp3) is 0.185. The fourth-order valence-electron chi connectivity index (χ4n) is 4.29. The minimum atomic E-state index is -0.400. The number of carbonyl (C=O) groups excluding carboxylic acids is 1. The minimum absolute atomic E-state index is 0.119. The van der Waals surface area contributed by atoms with Crippen LogP contribution in [0, 0.1) is 6.92 Å². The van der Waals surface area contributed by atoms with Gasteiger partial charge in [0.25, 0.3) is 0 Å². The number of esters is 1. The number of fused-ring (bicyclic) bond motifs is 1. The molecule has 1 aliphatic rings. The Morgan fingerprint density at radius 2 is 2.00 bits per heavy atom. The van der Waals surface area contributed by atoms with Crippen LogP contribution >= 0.6 is 0 Å². The highest BCUT2D eigenvalue weighted by Crippen LogP contribution is 2.28. The lowest BCUT2D eigenvalue weighted by molar-refractivity contribution is 0.0600. The number of nitrogens with one attached hydrogen (secondary N) is 2. The van der Waals surface area contributed by atoms with Crippen LogP contribution in [0.1, 0.15) is 29.4 Å². The standard InChI is InChI=1S/C27H27N7O2/c1-16(30-22-7-5-4-6-21(22)28)18-8-9-20(14-18)32-27-29-12-10-23(33-27)25-17(2)31-24-15-19(26(35)36-3)11-13-34(24)25/h4-13,15-16,30H,14,28H2,1-3H3,(H,29,32,33)/t16-/m0/s1. The Hall–Kier alpha value is -4.66. The number of benzene rings is 1. The van der Waals surface area contributed by atoms with Gasteiger partial charge in [0.15, 0.2) is 0 Å². The molecular weight excluding hydrogens is 454 g/mol. The van der Waals surface area contributed by atoms with Gasteiger partial charge in [-0.25, -0.2) is 19.7 Å². The second-order valence-corrected chi connectivity index (χ2v) is 8.64. The van der Waals surface area contributed by atoms with Crippen LogP contribution in [0.5, 0.6) is 0 Å². The van der Waals surface area contributed by atoms with Gasteiger partial charge in [-0.2, -0.15) is 0 Å². The number of allylic oxidation sites excluding steroid dienone is 3. The molecule has 9 heteroatoms. The van der Waals surface area contributed by atoms with E-state index in [1.165, 1.54) is 12.7 Å². The molecular formula is C27H27N7O2. The van der Waals surface area contributed by atoms with Gasteiger partial charge in [0.1, 0.15) is 5.65 Å². The second-order valence-electron chi connectivity index (χ2n) is 8.64. The van der Waals surface area contributed by atoms with Crippen LogP contribution in [0.3, 0.4) is 0 Å². The van der Waals surface area contributed by atoms with Gasteiger partial charge in [-0.15, -0.1) is 0 Å². The Morgan fingerprint density at radius 1 is 1.17 bits per heavy atom. The first-order chi connectivity index (χ1) is 17.4. The largest absolute Gasteiger partial charge is 0.465 e. The average Bonchev–Trinajstić information content (AvgIpc) is 3.48. The highest BCUT2D eigenvalue weighted by molar-refractivity contribution is 5.90. The van der Waals surface area contributed by atoms with E-state index in [-0.39, 0.29) is 6.04 Å². The summed E-state index contributed by atoms with van der Waals surface area (Å²) in [6.45, 7) is 4.03. The van der Waals surface area contributed by atoms with Gasteiger partial charge in [0.2, 0.25) is 5.95 Å². The van der Waals surface area contributed by atoms with Gasteiger partial charge in [0.05, 0.1) is 41.1 Å². The number of methoxy groups -OCH3 is 1. The molecule has 0 fully saturated rings. The van der Waals surface area contributed by atoms with Crippen molar-refractivity contribution in [3.63, 3.8) is 0 Å². The van der Waals surface area contributed by atoms with Crippen LogP contribution in [0.4, 0.5) is 17.3 Å². The number of hydrogen-bond donors (Lipinski definition) is 3. The lowest BCUT2D eigenvalue weighted by atomic mass is 10.1. The van der Waals surface area contributed by atoms with Gasteiger partial charge in [-0.05, 0) is 55.8 Å². The van der Waals surface area contributed by atoms with Crippen molar-refractivity contribution in [2.75, 3.05) is 23.5 Å². The van der Waals surface area contributed by atoms with Crippen molar-refractivity contribution < 1.29 is 9.53 Å². The minimum Gasteiger partial charge on any atom is -0.465 e. The maximum Gasteiger partial charge on any atom is 0.338 e. The van der Waals surface area contributed by atoms with Crippen molar-refractivity contribution in [3.8, 4) is 11.4 Å². The molecule has 9 nitrogen and oxygen atoms in total. The summed E-state index contributed by atoms with van der Waals surface area (Å²) in [5.74, 6) is 0.102. The molecule has 0 unspecified atom stereocenters. The van der Waals surface area contributed by atoms with Crippen LogP contribution < -0.4 is 16.4 Å². The zero-order valence-electron chi connectivity index (χ0n) is 20.3. The molecule has 3 heterocycles. The first kappa shape index (κ1) is 23.1. The normalized spacial score (nSPS) is 13.8. The van der Waals surface area contributed by atoms with Crippen LogP contribution in [0.15, 0.2) is 78.3 Å². The summed E-state index contributed by atoms with van der Waals surface area (Å²) in [6.07, 6.45) is 8.43. The monoisotopic (exact) mass is 481 g/mol. The highest BCUT2D eigenvalue weighted by atomic mass is 16.5. The highest BCUT2D eigenvalue weighted by Gasteiger charge is 2.18.